The minimum Gasteiger partial charge on any atom is -0.337 e. The number of imidazole rings is 1. The molecule has 0 bridgehead atoms. The van der Waals surface area contributed by atoms with Gasteiger partial charge in [0.15, 0.2) is 0 Å². The fourth-order valence-electron chi connectivity index (χ4n) is 3.58. The summed E-state index contributed by atoms with van der Waals surface area (Å²) >= 11 is 1.64. The highest BCUT2D eigenvalue weighted by molar-refractivity contribution is 7.10. The number of aromatic nitrogens is 2. The van der Waals surface area contributed by atoms with E-state index < -0.39 is 0 Å². The highest BCUT2D eigenvalue weighted by Gasteiger charge is 2.47. The number of likely N-dealkylation sites (tertiary alicyclic amines) is 1. The van der Waals surface area contributed by atoms with E-state index in [4.69, 9.17) is 0 Å². The molecule has 0 radical (unpaired) electrons. The van der Waals surface area contributed by atoms with Crippen LogP contribution in [0.3, 0.4) is 0 Å². The lowest BCUT2D eigenvalue weighted by molar-refractivity contribution is -0.141. The van der Waals surface area contributed by atoms with Crippen molar-refractivity contribution in [3.8, 4) is 0 Å². The third-order valence-electron chi connectivity index (χ3n) is 4.85. The van der Waals surface area contributed by atoms with Crippen LogP contribution in [0.2, 0.25) is 0 Å². The van der Waals surface area contributed by atoms with Crippen LogP contribution in [0, 0.1) is 5.92 Å². The zero-order valence-electron chi connectivity index (χ0n) is 14.6. The van der Waals surface area contributed by atoms with Crippen molar-refractivity contribution < 1.29 is 9.59 Å². The molecule has 0 aliphatic carbocycles. The predicted molar refractivity (Wildman–Crippen MR) is 98.3 cm³/mol. The summed E-state index contributed by atoms with van der Waals surface area (Å²) in [6.45, 7) is 3.56. The highest BCUT2D eigenvalue weighted by atomic mass is 32.1. The molecule has 1 fully saturated rings. The number of unbranched alkanes of at least 4 members (excludes halogenated alkanes) is 2. The van der Waals surface area contributed by atoms with Crippen LogP contribution in [0.4, 0.5) is 0 Å². The lowest BCUT2D eigenvalue weighted by atomic mass is 9.92. The van der Waals surface area contributed by atoms with Crippen LogP contribution < -0.4 is 0 Å². The number of amides is 1. The molecule has 0 N–H and O–H groups in total. The van der Waals surface area contributed by atoms with Crippen LogP contribution in [0.25, 0.3) is 0 Å². The first-order valence-electron chi connectivity index (χ1n) is 9.06. The van der Waals surface area contributed by atoms with E-state index in [1.807, 2.05) is 27.1 Å². The van der Waals surface area contributed by atoms with Crippen LogP contribution in [-0.2, 0) is 16.1 Å². The van der Waals surface area contributed by atoms with Crippen molar-refractivity contribution in [3.63, 3.8) is 0 Å². The molecule has 3 rings (SSSR count). The van der Waals surface area contributed by atoms with E-state index in [0.29, 0.717) is 6.54 Å². The van der Waals surface area contributed by atoms with E-state index in [1.54, 1.807) is 23.9 Å². The van der Waals surface area contributed by atoms with Gasteiger partial charge in [-0.2, -0.15) is 0 Å². The van der Waals surface area contributed by atoms with Crippen LogP contribution in [0.1, 0.15) is 49.9 Å². The number of carbonyl (C=O) groups excluding carboxylic acids is 2. The number of nitrogens with zero attached hydrogens (tertiary/aromatic N) is 3. The van der Waals surface area contributed by atoms with E-state index in [0.717, 1.165) is 43.5 Å². The Labute approximate surface area is 152 Å². The zero-order valence-corrected chi connectivity index (χ0v) is 15.5. The summed E-state index contributed by atoms with van der Waals surface area (Å²) in [6.07, 6.45) is 10.3. The Morgan fingerprint density at radius 2 is 2.08 bits per heavy atom. The van der Waals surface area contributed by atoms with Crippen LogP contribution in [0.15, 0.2) is 36.2 Å². The van der Waals surface area contributed by atoms with Gasteiger partial charge in [0.25, 0.3) is 5.91 Å². The molecule has 2 unspecified atom stereocenters. The van der Waals surface area contributed by atoms with Gasteiger partial charge < -0.3 is 9.47 Å². The normalized spacial score (nSPS) is 20.6. The van der Waals surface area contributed by atoms with Gasteiger partial charge in [0.05, 0.1) is 18.3 Å². The molecule has 2 atom stereocenters. The molecule has 2 aromatic heterocycles. The van der Waals surface area contributed by atoms with Gasteiger partial charge >= 0.3 is 0 Å². The quantitative estimate of drug-likeness (QED) is 0.507. The van der Waals surface area contributed by atoms with E-state index in [-0.39, 0.29) is 23.7 Å². The predicted octanol–water partition coefficient (Wildman–Crippen LogP) is 3.68. The molecular weight excluding hydrogens is 334 g/mol. The van der Waals surface area contributed by atoms with Gasteiger partial charge in [-0.25, -0.2) is 4.98 Å². The van der Waals surface area contributed by atoms with Gasteiger partial charge in [0.1, 0.15) is 0 Å². The van der Waals surface area contributed by atoms with Crippen molar-refractivity contribution in [1.29, 1.82) is 0 Å². The summed E-state index contributed by atoms with van der Waals surface area (Å²) in [5, 5.41) is 2.02. The second-order valence-corrected chi connectivity index (χ2v) is 7.56. The molecule has 134 valence electrons. The number of thiophene rings is 1. The number of ketones is 1. The summed E-state index contributed by atoms with van der Waals surface area (Å²) < 4.78 is 2.00. The standard InChI is InChI=1S/C19H25N3O2S/c1-2-3-4-7-15-17(16-8-5-13-25-16)22(19(24)18(15)23)11-6-10-21-12-9-20-14-21/h5,8-9,12-15,17H,2-4,6-7,10-11H2,1H3. The first kappa shape index (κ1) is 17.9. The SMILES string of the molecule is CCCCCC1C(=O)C(=O)N(CCCn2ccnc2)C1c1cccs1. The average molecular weight is 359 g/mol. The number of rotatable bonds is 9. The van der Waals surface area contributed by atoms with Crippen molar-refractivity contribution in [1.82, 2.24) is 14.5 Å². The van der Waals surface area contributed by atoms with Gasteiger partial charge in [-0.3, -0.25) is 9.59 Å². The molecule has 1 amide bonds. The van der Waals surface area contributed by atoms with Crippen LogP contribution in [0.5, 0.6) is 0 Å². The third-order valence-corrected chi connectivity index (χ3v) is 5.80. The van der Waals surface area contributed by atoms with Crippen LogP contribution >= 0.6 is 11.3 Å². The molecule has 0 spiro atoms. The number of hydrogen-bond acceptors (Lipinski definition) is 4. The van der Waals surface area contributed by atoms with Crippen molar-refractivity contribution in [2.45, 2.75) is 51.6 Å². The molecule has 1 saturated heterocycles. The Hall–Kier alpha value is -1.95. The molecule has 2 aromatic rings. The van der Waals surface area contributed by atoms with Gasteiger partial charge in [0, 0.05) is 30.4 Å². The molecule has 3 heterocycles. The lowest BCUT2D eigenvalue weighted by Crippen LogP contribution is -2.31. The van der Waals surface area contributed by atoms with Crippen molar-refractivity contribution in [3.05, 3.63) is 41.1 Å². The Balaban J connectivity index is 1.72. The van der Waals surface area contributed by atoms with Gasteiger partial charge in [0.2, 0.25) is 5.78 Å². The summed E-state index contributed by atoms with van der Waals surface area (Å²) in [5.74, 6) is -0.686. The topological polar surface area (TPSA) is 55.2 Å². The Kier molecular flexibility index (Phi) is 6.02. The molecule has 1 aliphatic rings. The summed E-state index contributed by atoms with van der Waals surface area (Å²) in [5.41, 5.74) is 0. The lowest BCUT2D eigenvalue weighted by Gasteiger charge is -2.26. The van der Waals surface area contributed by atoms with Crippen molar-refractivity contribution in [2.75, 3.05) is 6.54 Å². The number of aryl methyl sites for hydroxylation is 1. The molecule has 25 heavy (non-hydrogen) atoms. The Morgan fingerprint density at radius 3 is 2.76 bits per heavy atom. The second-order valence-electron chi connectivity index (χ2n) is 6.58. The summed E-state index contributed by atoms with van der Waals surface area (Å²) in [6, 6.07) is 3.97. The minimum atomic E-state index is -0.300. The van der Waals surface area contributed by atoms with Gasteiger partial charge in [-0.05, 0) is 24.3 Å². The fourth-order valence-corrected chi connectivity index (χ4v) is 4.49. The third kappa shape index (κ3) is 4.00. The Bertz CT molecular complexity index is 682. The van der Waals surface area contributed by atoms with Gasteiger partial charge in [-0.15, -0.1) is 11.3 Å². The molecule has 5 nitrogen and oxygen atoms in total. The number of hydrogen-bond donors (Lipinski definition) is 0. The fraction of sp³-hybridized carbons (Fsp3) is 0.526. The van der Waals surface area contributed by atoms with E-state index >= 15 is 0 Å². The highest BCUT2D eigenvalue weighted by Crippen LogP contribution is 2.40. The summed E-state index contributed by atoms with van der Waals surface area (Å²) in [7, 11) is 0. The van der Waals surface area contributed by atoms with Crippen molar-refractivity contribution in [2.24, 2.45) is 5.92 Å². The number of Topliss-reactive ketones (excluding diaryl/α,β-unsaturated/α-hetero) is 1. The maximum Gasteiger partial charge on any atom is 0.290 e. The first-order chi connectivity index (χ1) is 12.2. The number of carbonyl (C=O) groups is 2. The van der Waals surface area contributed by atoms with Crippen molar-refractivity contribution >= 4 is 23.0 Å². The van der Waals surface area contributed by atoms with E-state index in [9.17, 15) is 9.59 Å². The Morgan fingerprint density at radius 1 is 1.20 bits per heavy atom. The van der Waals surface area contributed by atoms with Crippen LogP contribution in [-0.4, -0.2) is 32.7 Å². The minimum absolute atomic E-state index is 0.0837. The summed E-state index contributed by atoms with van der Waals surface area (Å²) in [4.78, 5) is 32.2. The monoisotopic (exact) mass is 359 g/mol. The van der Waals surface area contributed by atoms with E-state index in [2.05, 4.69) is 18.0 Å². The molecular formula is C19H25N3O2S. The maximum atomic E-state index is 12.6. The first-order valence-corrected chi connectivity index (χ1v) is 9.94. The maximum absolute atomic E-state index is 12.6. The molecule has 0 aromatic carbocycles. The van der Waals surface area contributed by atoms with Gasteiger partial charge in [-0.1, -0.05) is 32.3 Å². The largest absolute Gasteiger partial charge is 0.337 e. The van der Waals surface area contributed by atoms with E-state index in [1.165, 1.54) is 0 Å². The molecule has 6 heteroatoms. The smallest absolute Gasteiger partial charge is 0.290 e. The zero-order chi connectivity index (χ0) is 17.6. The average Bonchev–Trinajstić information content (AvgIpc) is 3.34. The molecule has 1 aliphatic heterocycles. The second kappa shape index (κ2) is 8.43. The molecule has 0 saturated carbocycles.